The first kappa shape index (κ1) is 13.9. The van der Waals surface area contributed by atoms with Gasteiger partial charge in [0.25, 0.3) is 0 Å². The summed E-state index contributed by atoms with van der Waals surface area (Å²) in [5.74, 6) is 0.0393. The maximum atomic E-state index is 12.1. The average molecular weight is 320 g/mol. The van der Waals surface area contributed by atoms with Crippen LogP contribution in [0.5, 0.6) is 0 Å². The number of benzene rings is 1. The summed E-state index contributed by atoms with van der Waals surface area (Å²) in [6.07, 6.45) is 4.34. The Morgan fingerprint density at radius 2 is 2.09 bits per heavy atom. The lowest BCUT2D eigenvalue weighted by atomic mass is 9.77. The van der Waals surface area contributed by atoms with Crippen molar-refractivity contribution >= 4 is 23.2 Å². The third-order valence-electron chi connectivity index (χ3n) is 4.72. The smallest absolute Gasteiger partial charge is 0.232 e. The van der Waals surface area contributed by atoms with E-state index >= 15 is 0 Å². The number of ether oxygens (including phenoxy) is 1. The van der Waals surface area contributed by atoms with E-state index in [-0.39, 0.29) is 36.1 Å². The second-order valence-corrected chi connectivity index (χ2v) is 6.46. The van der Waals surface area contributed by atoms with Gasteiger partial charge in [0.15, 0.2) is 0 Å². The van der Waals surface area contributed by atoms with Gasteiger partial charge in [-0.3, -0.25) is 10.1 Å². The van der Waals surface area contributed by atoms with Crippen LogP contribution in [0.4, 0.5) is 5.69 Å². The van der Waals surface area contributed by atoms with Gasteiger partial charge in [-0.1, -0.05) is 11.6 Å². The number of carbonyl (C=O) groups is 1. The first-order valence-corrected chi connectivity index (χ1v) is 7.98. The summed E-state index contributed by atoms with van der Waals surface area (Å²) in [6.45, 7) is 0.859. The van der Waals surface area contributed by atoms with Crippen molar-refractivity contribution in [3.8, 4) is 0 Å². The molecule has 0 spiro atoms. The van der Waals surface area contributed by atoms with Crippen LogP contribution < -0.4 is 16.0 Å². The largest absolute Gasteiger partial charge is 0.497 e. The highest BCUT2D eigenvalue weighted by molar-refractivity contribution is 6.30. The second-order valence-electron chi connectivity index (χ2n) is 6.02. The van der Waals surface area contributed by atoms with Crippen LogP contribution >= 0.6 is 11.6 Å². The Morgan fingerprint density at radius 3 is 2.91 bits per heavy atom. The molecule has 0 aliphatic carbocycles. The molecule has 22 heavy (non-hydrogen) atoms. The van der Waals surface area contributed by atoms with Crippen molar-refractivity contribution in [2.45, 2.75) is 24.7 Å². The summed E-state index contributed by atoms with van der Waals surface area (Å²) in [5.41, 5.74) is 1.04. The Hall–Kier alpha value is -1.72. The van der Waals surface area contributed by atoms with Gasteiger partial charge in [0.2, 0.25) is 5.91 Å². The topological polar surface area (TPSA) is 62.4 Å². The summed E-state index contributed by atoms with van der Waals surface area (Å²) in [5, 5.41) is 10.8. The number of fused-ring (bicyclic) bond motifs is 3. The van der Waals surface area contributed by atoms with Crippen LogP contribution in [0.15, 0.2) is 36.6 Å². The molecule has 0 aromatic heterocycles. The fraction of sp³-hybridized carbons (Fsp3) is 0.438. The molecule has 3 N–H and O–H groups in total. The van der Waals surface area contributed by atoms with Gasteiger partial charge in [-0.25, -0.2) is 0 Å². The van der Waals surface area contributed by atoms with E-state index < -0.39 is 0 Å². The highest BCUT2D eigenvalue weighted by atomic mass is 35.5. The van der Waals surface area contributed by atoms with E-state index in [0.29, 0.717) is 0 Å². The Balaban J connectivity index is 1.57. The van der Waals surface area contributed by atoms with Gasteiger partial charge in [-0.15, -0.1) is 0 Å². The molecular weight excluding hydrogens is 302 g/mol. The van der Waals surface area contributed by atoms with E-state index in [1.165, 1.54) is 0 Å². The predicted octanol–water partition coefficient (Wildman–Crippen LogP) is 1.71. The van der Waals surface area contributed by atoms with Crippen LogP contribution in [0.3, 0.4) is 0 Å². The molecule has 2 saturated heterocycles. The number of hydrogen-bond acceptors (Lipinski definition) is 4. The van der Waals surface area contributed by atoms with E-state index in [9.17, 15) is 4.79 Å². The quantitative estimate of drug-likeness (QED) is 0.776. The molecule has 116 valence electrons. The zero-order chi connectivity index (χ0) is 15.1. The van der Waals surface area contributed by atoms with Crippen molar-refractivity contribution in [3.05, 3.63) is 41.6 Å². The lowest BCUT2D eigenvalue weighted by Gasteiger charge is -2.46. The Morgan fingerprint density at radius 1 is 1.27 bits per heavy atom. The monoisotopic (exact) mass is 319 g/mol. The molecule has 1 aromatic carbocycles. The van der Waals surface area contributed by atoms with E-state index in [4.69, 9.17) is 16.3 Å². The summed E-state index contributed by atoms with van der Waals surface area (Å²) < 4.78 is 5.74. The van der Waals surface area contributed by atoms with Crippen LogP contribution in [-0.4, -0.2) is 30.8 Å². The zero-order valence-corrected chi connectivity index (χ0v) is 12.7. The fourth-order valence-electron chi connectivity index (χ4n) is 3.68. The number of anilines is 1. The Kier molecular flexibility index (Phi) is 3.47. The normalized spacial score (nSPS) is 36.0. The van der Waals surface area contributed by atoms with E-state index in [0.717, 1.165) is 23.7 Å². The molecule has 5 unspecified atom stereocenters. The molecule has 3 heterocycles. The minimum Gasteiger partial charge on any atom is -0.497 e. The lowest BCUT2D eigenvalue weighted by Crippen LogP contribution is -2.68. The molecule has 4 rings (SSSR count). The first-order chi connectivity index (χ1) is 10.7. The van der Waals surface area contributed by atoms with Crippen molar-refractivity contribution < 1.29 is 9.53 Å². The van der Waals surface area contributed by atoms with Crippen molar-refractivity contribution in [2.24, 2.45) is 11.8 Å². The molecule has 1 aromatic rings. The standard InChI is InChI=1S/C16H18ClN3O2/c17-9-1-3-10(4-2-9)19-12-5-7-18-15-13(12)14-11(6-8-22-14)16(21)20-15/h1-4,6,8,11-15,18-19H,5,7H2,(H,20,21). The molecule has 0 radical (unpaired) electrons. The molecule has 3 aliphatic rings. The molecule has 6 heteroatoms. The van der Waals surface area contributed by atoms with Crippen molar-refractivity contribution in [2.75, 3.05) is 11.9 Å². The van der Waals surface area contributed by atoms with Crippen molar-refractivity contribution in [3.63, 3.8) is 0 Å². The van der Waals surface area contributed by atoms with Gasteiger partial charge in [0.05, 0.1) is 24.3 Å². The molecule has 2 fully saturated rings. The summed E-state index contributed by atoms with van der Waals surface area (Å²) in [4.78, 5) is 12.1. The van der Waals surface area contributed by atoms with Crippen molar-refractivity contribution in [1.82, 2.24) is 10.6 Å². The van der Waals surface area contributed by atoms with Crippen molar-refractivity contribution in [1.29, 1.82) is 0 Å². The summed E-state index contributed by atoms with van der Waals surface area (Å²) >= 11 is 5.94. The number of halogens is 1. The average Bonchev–Trinajstić information content (AvgIpc) is 3.00. The van der Waals surface area contributed by atoms with E-state index in [1.807, 2.05) is 30.3 Å². The molecule has 3 aliphatic heterocycles. The minimum absolute atomic E-state index is 0.0413. The van der Waals surface area contributed by atoms with Crippen LogP contribution in [0.25, 0.3) is 0 Å². The molecule has 1 amide bonds. The van der Waals surface area contributed by atoms with Gasteiger partial charge in [-0.2, -0.15) is 0 Å². The van der Waals surface area contributed by atoms with Gasteiger partial charge in [0.1, 0.15) is 6.10 Å². The molecule has 0 bridgehead atoms. The van der Waals surface area contributed by atoms with Crippen LogP contribution in [0.1, 0.15) is 6.42 Å². The molecular formula is C16H18ClN3O2. The van der Waals surface area contributed by atoms with Crippen LogP contribution in [0, 0.1) is 11.8 Å². The highest BCUT2D eigenvalue weighted by Gasteiger charge is 2.50. The highest BCUT2D eigenvalue weighted by Crippen LogP contribution is 2.36. The third kappa shape index (κ3) is 2.34. The lowest BCUT2D eigenvalue weighted by molar-refractivity contribution is -0.134. The molecule has 5 atom stereocenters. The Labute approximate surface area is 134 Å². The number of rotatable bonds is 2. The molecule has 5 nitrogen and oxygen atoms in total. The van der Waals surface area contributed by atoms with E-state index in [2.05, 4.69) is 16.0 Å². The summed E-state index contributed by atoms with van der Waals surface area (Å²) in [7, 11) is 0. The number of amides is 1. The Bertz CT molecular complexity index is 604. The number of hydrogen-bond donors (Lipinski definition) is 3. The van der Waals surface area contributed by atoms with Gasteiger partial charge in [-0.05, 0) is 43.3 Å². The van der Waals surface area contributed by atoms with Gasteiger partial charge in [0, 0.05) is 16.8 Å². The van der Waals surface area contributed by atoms with Gasteiger partial charge >= 0.3 is 0 Å². The first-order valence-electron chi connectivity index (χ1n) is 7.60. The van der Waals surface area contributed by atoms with Crippen LogP contribution in [0.2, 0.25) is 5.02 Å². The number of piperidine rings is 2. The SMILES string of the molecule is O=C1NC2NCCC(Nc3ccc(Cl)cc3)C2C2OC=CC12. The predicted molar refractivity (Wildman–Crippen MR) is 84.4 cm³/mol. The third-order valence-corrected chi connectivity index (χ3v) is 4.97. The number of carbonyl (C=O) groups excluding carboxylic acids is 1. The number of nitrogens with one attached hydrogen (secondary N) is 3. The van der Waals surface area contributed by atoms with E-state index in [1.54, 1.807) is 6.26 Å². The fourth-order valence-corrected chi connectivity index (χ4v) is 3.81. The maximum absolute atomic E-state index is 12.1. The maximum Gasteiger partial charge on any atom is 0.232 e. The minimum atomic E-state index is -0.185. The summed E-state index contributed by atoms with van der Waals surface area (Å²) in [6, 6.07) is 7.95. The van der Waals surface area contributed by atoms with Gasteiger partial charge < -0.3 is 15.4 Å². The zero-order valence-electron chi connectivity index (χ0n) is 12.0. The second kappa shape index (κ2) is 5.48. The molecule has 0 saturated carbocycles. The van der Waals surface area contributed by atoms with Crippen LogP contribution in [-0.2, 0) is 9.53 Å².